The first-order valence-corrected chi connectivity index (χ1v) is 11.8. The van der Waals surface area contributed by atoms with E-state index in [0.29, 0.717) is 5.56 Å². The summed E-state index contributed by atoms with van der Waals surface area (Å²) < 4.78 is 14.7. The van der Waals surface area contributed by atoms with Gasteiger partial charge in [0.15, 0.2) is 0 Å². The molecule has 0 N–H and O–H groups in total. The van der Waals surface area contributed by atoms with Crippen LogP contribution in [0.15, 0.2) is 103 Å². The van der Waals surface area contributed by atoms with Crippen LogP contribution in [0, 0.1) is 28.5 Å². The average molecular weight is 461 g/mol. The van der Waals surface area contributed by atoms with E-state index in [0.717, 1.165) is 16.7 Å². The van der Waals surface area contributed by atoms with Crippen molar-refractivity contribution in [3.63, 3.8) is 0 Å². The van der Waals surface area contributed by atoms with Gasteiger partial charge in [0.05, 0.1) is 22.6 Å². The fourth-order valence-corrected chi connectivity index (χ4v) is 6.25. The SMILES string of the molecule is N#Cc1cc(C#N)c(-c2ccc3c(c2)C2(c4ccccc4-c4ccccc42)c2ccccc2-3)cc1F. The third-order valence-electron chi connectivity index (χ3n) is 7.66. The van der Waals surface area contributed by atoms with Crippen molar-refractivity contribution in [1.29, 1.82) is 10.5 Å². The summed E-state index contributed by atoms with van der Waals surface area (Å²) in [5.41, 5.74) is 10.4. The van der Waals surface area contributed by atoms with Crippen LogP contribution >= 0.6 is 0 Å². The van der Waals surface area contributed by atoms with Gasteiger partial charge in [0.1, 0.15) is 11.9 Å². The normalized spacial score (nSPS) is 13.3. The van der Waals surface area contributed by atoms with Gasteiger partial charge in [-0.15, -0.1) is 0 Å². The van der Waals surface area contributed by atoms with Gasteiger partial charge in [-0.2, -0.15) is 10.5 Å². The molecule has 0 fully saturated rings. The molecule has 5 aromatic rings. The monoisotopic (exact) mass is 460 g/mol. The number of benzene rings is 5. The first-order valence-electron chi connectivity index (χ1n) is 11.8. The Kier molecular flexibility index (Phi) is 4.11. The van der Waals surface area contributed by atoms with Gasteiger partial charge in [0.2, 0.25) is 0 Å². The lowest BCUT2D eigenvalue weighted by atomic mass is 9.70. The maximum Gasteiger partial charge on any atom is 0.141 e. The highest BCUT2D eigenvalue weighted by atomic mass is 19.1. The Morgan fingerprint density at radius 3 is 1.53 bits per heavy atom. The number of halogens is 1. The topological polar surface area (TPSA) is 47.6 Å². The number of hydrogen-bond acceptors (Lipinski definition) is 2. The smallest absolute Gasteiger partial charge is 0.141 e. The number of fused-ring (bicyclic) bond motifs is 10. The van der Waals surface area contributed by atoms with Gasteiger partial charge in [-0.1, -0.05) is 84.9 Å². The summed E-state index contributed by atoms with van der Waals surface area (Å²) in [6, 6.07) is 38.4. The molecule has 0 atom stereocenters. The Morgan fingerprint density at radius 1 is 0.500 bits per heavy atom. The molecule has 2 aliphatic carbocycles. The van der Waals surface area contributed by atoms with E-state index in [4.69, 9.17) is 0 Å². The molecule has 7 rings (SSSR count). The van der Waals surface area contributed by atoms with Crippen molar-refractivity contribution in [2.45, 2.75) is 5.41 Å². The molecule has 0 unspecified atom stereocenters. The van der Waals surface area contributed by atoms with Crippen LogP contribution in [0.5, 0.6) is 0 Å². The fraction of sp³-hybridized carbons (Fsp3) is 0.0303. The van der Waals surface area contributed by atoms with Crippen molar-refractivity contribution in [1.82, 2.24) is 0 Å². The number of rotatable bonds is 1. The molecule has 2 aliphatic rings. The zero-order valence-electron chi connectivity index (χ0n) is 19.1. The van der Waals surface area contributed by atoms with Gasteiger partial charge in [0.25, 0.3) is 0 Å². The number of hydrogen-bond donors (Lipinski definition) is 0. The summed E-state index contributed by atoms with van der Waals surface area (Å²) >= 11 is 0. The maximum absolute atomic E-state index is 14.7. The van der Waals surface area contributed by atoms with Gasteiger partial charge >= 0.3 is 0 Å². The van der Waals surface area contributed by atoms with Crippen molar-refractivity contribution >= 4 is 0 Å². The summed E-state index contributed by atoms with van der Waals surface area (Å²) in [6.07, 6.45) is 0. The van der Waals surface area contributed by atoms with Crippen LogP contribution in [0.2, 0.25) is 0 Å². The number of nitriles is 2. The third kappa shape index (κ3) is 2.42. The van der Waals surface area contributed by atoms with E-state index in [-0.39, 0.29) is 11.1 Å². The maximum atomic E-state index is 14.7. The van der Waals surface area contributed by atoms with Crippen LogP contribution in [-0.2, 0) is 5.41 Å². The highest BCUT2D eigenvalue weighted by Crippen LogP contribution is 2.62. The zero-order valence-corrected chi connectivity index (χ0v) is 19.1. The molecule has 5 aromatic carbocycles. The highest BCUT2D eigenvalue weighted by Gasteiger charge is 2.51. The van der Waals surface area contributed by atoms with Crippen LogP contribution in [0.3, 0.4) is 0 Å². The second-order valence-corrected chi connectivity index (χ2v) is 9.25. The lowest BCUT2D eigenvalue weighted by Gasteiger charge is -2.30. The van der Waals surface area contributed by atoms with Gasteiger partial charge in [-0.25, -0.2) is 4.39 Å². The lowest BCUT2D eigenvalue weighted by molar-refractivity contribution is 0.624. The minimum Gasteiger partial charge on any atom is -0.206 e. The van der Waals surface area contributed by atoms with Crippen LogP contribution in [0.1, 0.15) is 33.4 Å². The standard InChI is InChI=1S/C33H17FN2/c34-32-17-27(21(18-35)15-22(32)19-36)20-13-14-26-25-9-3-6-12-30(25)33(31(26)16-20)28-10-4-1-7-23(28)24-8-2-5-11-29(24)33/h1-17H. The van der Waals surface area contributed by atoms with E-state index in [1.165, 1.54) is 45.5 Å². The first kappa shape index (κ1) is 20.4. The molecule has 0 aromatic heterocycles. The van der Waals surface area contributed by atoms with E-state index in [1.54, 1.807) is 0 Å². The van der Waals surface area contributed by atoms with Gasteiger partial charge in [-0.05, 0) is 68.3 Å². The van der Waals surface area contributed by atoms with Crippen molar-refractivity contribution in [2.75, 3.05) is 0 Å². The number of nitrogens with zero attached hydrogens (tertiary/aromatic N) is 2. The van der Waals surface area contributed by atoms with Crippen molar-refractivity contribution in [3.05, 3.63) is 142 Å². The Balaban J connectivity index is 1.60. The lowest BCUT2D eigenvalue weighted by Crippen LogP contribution is -2.25. The van der Waals surface area contributed by atoms with E-state index >= 15 is 0 Å². The summed E-state index contributed by atoms with van der Waals surface area (Å²) in [4.78, 5) is 0. The van der Waals surface area contributed by atoms with Gasteiger partial charge in [0, 0.05) is 5.56 Å². The van der Waals surface area contributed by atoms with E-state index < -0.39 is 11.2 Å². The molecule has 1 spiro atoms. The van der Waals surface area contributed by atoms with E-state index in [1.807, 2.05) is 12.1 Å². The molecule has 36 heavy (non-hydrogen) atoms. The Morgan fingerprint density at radius 2 is 1.00 bits per heavy atom. The van der Waals surface area contributed by atoms with Gasteiger partial charge in [-0.3, -0.25) is 0 Å². The minimum atomic E-state index is -0.624. The fourth-order valence-electron chi connectivity index (χ4n) is 6.25. The molecule has 0 saturated carbocycles. The average Bonchev–Trinajstić information content (AvgIpc) is 3.40. The third-order valence-corrected chi connectivity index (χ3v) is 7.66. The summed E-state index contributed by atoms with van der Waals surface area (Å²) in [5.74, 6) is -0.624. The summed E-state index contributed by atoms with van der Waals surface area (Å²) in [7, 11) is 0. The molecule has 2 nitrogen and oxygen atoms in total. The molecule has 0 amide bonds. The summed E-state index contributed by atoms with van der Waals surface area (Å²) in [6.45, 7) is 0. The molecule has 3 heteroatoms. The molecule has 0 heterocycles. The van der Waals surface area contributed by atoms with Crippen LogP contribution in [0.25, 0.3) is 33.4 Å². The molecule has 166 valence electrons. The predicted molar refractivity (Wildman–Crippen MR) is 138 cm³/mol. The zero-order chi connectivity index (χ0) is 24.4. The second-order valence-electron chi connectivity index (χ2n) is 9.25. The molecular formula is C33H17FN2. The van der Waals surface area contributed by atoms with Crippen LogP contribution < -0.4 is 0 Å². The van der Waals surface area contributed by atoms with Crippen LogP contribution in [0.4, 0.5) is 4.39 Å². The highest BCUT2D eigenvalue weighted by molar-refractivity contribution is 5.96. The quantitative estimate of drug-likeness (QED) is 0.253. The molecule has 0 bridgehead atoms. The Bertz CT molecular complexity index is 1770. The molecular weight excluding hydrogens is 443 g/mol. The second kappa shape index (κ2) is 7.25. The van der Waals surface area contributed by atoms with E-state index in [9.17, 15) is 14.9 Å². The van der Waals surface area contributed by atoms with Crippen LogP contribution in [-0.4, -0.2) is 0 Å². The molecule has 0 aliphatic heterocycles. The van der Waals surface area contributed by atoms with Crippen molar-refractivity contribution < 1.29 is 4.39 Å². The molecule has 0 saturated heterocycles. The Hall–Kier alpha value is -4.99. The largest absolute Gasteiger partial charge is 0.206 e. The predicted octanol–water partition coefficient (Wildman–Crippen LogP) is 7.58. The minimum absolute atomic E-state index is 0.126. The summed E-state index contributed by atoms with van der Waals surface area (Å²) in [5, 5.41) is 19.1. The van der Waals surface area contributed by atoms with Crippen molar-refractivity contribution in [2.24, 2.45) is 0 Å². The van der Waals surface area contributed by atoms with Gasteiger partial charge < -0.3 is 0 Å². The first-order chi connectivity index (χ1) is 17.7. The van der Waals surface area contributed by atoms with Crippen molar-refractivity contribution in [3.8, 4) is 45.5 Å². The molecule has 0 radical (unpaired) electrons. The van der Waals surface area contributed by atoms with E-state index in [2.05, 4.69) is 91.0 Å². The Labute approximate surface area is 208 Å².